The molecule has 2 N–H and O–H groups in total. The molecule has 106 valence electrons. The highest BCUT2D eigenvalue weighted by Crippen LogP contribution is 2.03. The molecule has 1 aromatic carbocycles. The van der Waals surface area contributed by atoms with E-state index in [4.69, 9.17) is 4.74 Å². The first-order valence-electron chi connectivity index (χ1n) is 6.99. The maximum absolute atomic E-state index is 9.98. The Bertz CT molecular complexity index is 358. The van der Waals surface area contributed by atoms with E-state index >= 15 is 0 Å². The van der Waals surface area contributed by atoms with Crippen LogP contribution in [-0.2, 0) is 11.3 Å². The third-order valence-corrected chi connectivity index (χ3v) is 3.34. The third kappa shape index (κ3) is 5.28. The Kier molecular flexibility index (Phi) is 5.79. The molecule has 0 aromatic heterocycles. The van der Waals surface area contributed by atoms with Gasteiger partial charge in [0.25, 0.3) is 0 Å². The minimum absolute atomic E-state index is 0.396. The van der Waals surface area contributed by atoms with Gasteiger partial charge in [-0.05, 0) is 12.5 Å². The third-order valence-electron chi connectivity index (χ3n) is 3.34. The van der Waals surface area contributed by atoms with Crippen LogP contribution < -0.4 is 5.32 Å². The predicted octanol–water partition coefficient (Wildman–Crippen LogP) is 0.858. The zero-order chi connectivity index (χ0) is 13.5. The first-order chi connectivity index (χ1) is 9.24. The second-order valence-corrected chi connectivity index (χ2v) is 5.27. The molecule has 0 aliphatic carbocycles. The molecule has 19 heavy (non-hydrogen) atoms. The van der Waals surface area contributed by atoms with Crippen LogP contribution >= 0.6 is 0 Å². The number of β-amino-alcohol motifs (C(OH)–C–C–N with tert-alkyl or cyclic N) is 1. The van der Waals surface area contributed by atoms with Crippen molar-refractivity contribution in [3.8, 4) is 0 Å². The lowest BCUT2D eigenvalue weighted by Crippen LogP contribution is -2.51. The molecule has 1 fully saturated rings. The molecular weight excluding hydrogens is 240 g/mol. The smallest absolute Gasteiger partial charge is 0.0900 e. The lowest BCUT2D eigenvalue weighted by Gasteiger charge is -2.33. The van der Waals surface area contributed by atoms with E-state index in [9.17, 15) is 5.11 Å². The fourth-order valence-electron chi connectivity index (χ4n) is 2.42. The molecule has 0 radical (unpaired) electrons. The number of benzene rings is 1. The summed E-state index contributed by atoms with van der Waals surface area (Å²) in [5, 5.41) is 13.4. The van der Waals surface area contributed by atoms with E-state index in [0.29, 0.717) is 25.8 Å². The van der Waals surface area contributed by atoms with E-state index < -0.39 is 6.10 Å². The van der Waals surface area contributed by atoms with Crippen LogP contribution in [0.15, 0.2) is 30.3 Å². The van der Waals surface area contributed by atoms with Gasteiger partial charge in [-0.15, -0.1) is 0 Å². The summed E-state index contributed by atoms with van der Waals surface area (Å²) in [5.74, 6) is 0. The number of aliphatic hydroxyl groups excluding tert-OH is 1. The number of nitrogens with zero attached hydrogens (tertiary/aromatic N) is 1. The largest absolute Gasteiger partial charge is 0.389 e. The van der Waals surface area contributed by atoms with Crippen molar-refractivity contribution >= 4 is 0 Å². The summed E-state index contributed by atoms with van der Waals surface area (Å²) in [7, 11) is 0. The number of nitrogens with one attached hydrogen (secondary N) is 1. The highest BCUT2D eigenvalue weighted by Gasteiger charge is 2.18. The SMILES string of the molecule is C[C@@H]1CN(CC(O)COCc2ccccc2)CCN1. The summed E-state index contributed by atoms with van der Waals surface area (Å²) in [6.07, 6.45) is -0.408. The molecule has 4 heteroatoms. The second kappa shape index (κ2) is 7.60. The summed E-state index contributed by atoms with van der Waals surface area (Å²) >= 11 is 0. The van der Waals surface area contributed by atoms with Gasteiger partial charge in [-0.1, -0.05) is 30.3 Å². The Labute approximate surface area is 115 Å². The number of piperazine rings is 1. The molecular formula is C15H24N2O2. The maximum atomic E-state index is 9.98. The van der Waals surface area contributed by atoms with Gasteiger partial charge >= 0.3 is 0 Å². The highest BCUT2D eigenvalue weighted by atomic mass is 16.5. The van der Waals surface area contributed by atoms with Gasteiger partial charge in [-0.3, -0.25) is 4.90 Å². The van der Waals surface area contributed by atoms with Crippen LogP contribution in [-0.4, -0.2) is 54.9 Å². The summed E-state index contributed by atoms with van der Waals surface area (Å²) in [6.45, 7) is 6.82. The quantitative estimate of drug-likeness (QED) is 0.800. The van der Waals surface area contributed by atoms with Crippen LogP contribution in [0.3, 0.4) is 0 Å². The normalized spacial score (nSPS) is 22.3. The van der Waals surface area contributed by atoms with E-state index in [1.807, 2.05) is 30.3 Å². The van der Waals surface area contributed by atoms with E-state index in [1.54, 1.807) is 0 Å². The minimum Gasteiger partial charge on any atom is -0.389 e. The Morgan fingerprint density at radius 3 is 2.95 bits per heavy atom. The van der Waals surface area contributed by atoms with Gasteiger partial charge in [-0.25, -0.2) is 0 Å². The van der Waals surface area contributed by atoms with Crippen molar-refractivity contribution in [3.05, 3.63) is 35.9 Å². The van der Waals surface area contributed by atoms with E-state index in [-0.39, 0.29) is 0 Å². The highest BCUT2D eigenvalue weighted by molar-refractivity contribution is 5.13. The average Bonchev–Trinajstić information content (AvgIpc) is 2.40. The van der Waals surface area contributed by atoms with Gasteiger partial charge in [0.15, 0.2) is 0 Å². The maximum Gasteiger partial charge on any atom is 0.0900 e. The lowest BCUT2D eigenvalue weighted by molar-refractivity contribution is 0.00605. The standard InChI is InChI=1S/C15H24N2O2/c1-13-9-17(8-7-16-13)10-15(18)12-19-11-14-5-3-2-4-6-14/h2-6,13,15-16,18H,7-12H2,1H3/t13-,15?/m1/s1. The van der Waals surface area contributed by atoms with Crippen molar-refractivity contribution in [2.75, 3.05) is 32.8 Å². The van der Waals surface area contributed by atoms with Crippen molar-refractivity contribution in [1.82, 2.24) is 10.2 Å². The fourth-order valence-corrected chi connectivity index (χ4v) is 2.42. The topological polar surface area (TPSA) is 44.7 Å². The first kappa shape index (κ1) is 14.5. The fraction of sp³-hybridized carbons (Fsp3) is 0.600. The molecule has 0 spiro atoms. The van der Waals surface area contributed by atoms with Crippen molar-refractivity contribution in [2.45, 2.75) is 25.7 Å². The molecule has 2 atom stereocenters. The molecule has 1 aliphatic rings. The van der Waals surface area contributed by atoms with Crippen molar-refractivity contribution in [3.63, 3.8) is 0 Å². The van der Waals surface area contributed by atoms with Crippen molar-refractivity contribution < 1.29 is 9.84 Å². The monoisotopic (exact) mass is 264 g/mol. The Balaban J connectivity index is 1.63. The van der Waals surface area contributed by atoms with Crippen molar-refractivity contribution in [2.24, 2.45) is 0 Å². The first-order valence-corrected chi connectivity index (χ1v) is 6.99. The summed E-state index contributed by atoms with van der Waals surface area (Å²) in [6, 6.07) is 10.6. The zero-order valence-corrected chi connectivity index (χ0v) is 11.6. The van der Waals surface area contributed by atoms with Crippen LogP contribution in [0.1, 0.15) is 12.5 Å². The molecule has 1 aliphatic heterocycles. The zero-order valence-electron chi connectivity index (χ0n) is 11.6. The molecule has 4 nitrogen and oxygen atoms in total. The lowest BCUT2D eigenvalue weighted by atomic mass is 10.2. The molecule has 1 heterocycles. The van der Waals surface area contributed by atoms with Crippen LogP contribution in [0.25, 0.3) is 0 Å². The number of aliphatic hydroxyl groups is 1. The molecule has 1 unspecified atom stereocenters. The van der Waals surface area contributed by atoms with Crippen LogP contribution in [0, 0.1) is 0 Å². The predicted molar refractivity (Wildman–Crippen MR) is 76.0 cm³/mol. The minimum atomic E-state index is -0.408. The number of hydrogen-bond acceptors (Lipinski definition) is 4. The molecule has 2 rings (SSSR count). The summed E-state index contributed by atoms with van der Waals surface area (Å²) in [5.41, 5.74) is 1.14. The van der Waals surface area contributed by atoms with E-state index in [0.717, 1.165) is 25.2 Å². The number of hydrogen-bond donors (Lipinski definition) is 2. The van der Waals surface area contributed by atoms with Gasteiger partial charge in [0, 0.05) is 32.2 Å². The van der Waals surface area contributed by atoms with E-state index in [2.05, 4.69) is 17.1 Å². The van der Waals surface area contributed by atoms with Gasteiger partial charge < -0.3 is 15.2 Å². The Morgan fingerprint density at radius 2 is 2.21 bits per heavy atom. The van der Waals surface area contributed by atoms with Gasteiger partial charge in [0.05, 0.1) is 19.3 Å². The number of ether oxygens (including phenoxy) is 1. The van der Waals surface area contributed by atoms with Crippen molar-refractivity contribution in [1.29, 1.82) is 0 Å². The van der Waals surface area contributed by atoms with E-state index in [1.165, 1.54) is 0 Å². The second-order valence-electron chi connectivity index (χ2n) is 5.27. The van der Waals surface area contributed by atoms with Crippen LogP contribution in [0.2, 0.25) is 0 Å². The van der Waals surface area contributed by atoms with Gasteiger partial charge in [0.2, 0.25) is 0 Å². The molecule has 0 amide bonds. The van der Waals surface area contributed by atoms with Gasteiger partial charge in [0.1, 0.15) is 0 Å². The summed E-state index contributed by atoms with van der Waals surface area (Å²) < 4.78 is 5.56. The van der Waals surface area contributed by atoms with Crippen LogP contribution in [0.5, 0.6) is 0 Å². The molecule has 0 bridgehead atoms. The molecule has 1 saturated heterocycles. The van der Waals surface area contributed by atoms with Gasteiger partial charge in [-0.2, -0.15) is 0 Å². The molecule has 0 saturated carbocycles. The Morgan fingerprint density at radius 1 is 1.42 bits per heavy atom. The number of rotatable bonds is 6. The Hall–Kier alpha value is -0.940. The average molecular weight is 264 g/mol. The molecule has 1 aromatic rings. The summed E-state index contributed by atoms with van der Waals surface area (Å²) in [4.78, 5) is 2.29. The van der Waals surface area contributed by atoms with Crippen LogP contribution in [0.4, 0.5) is 0 Å².